The van der Waals surface area contributed by atoms with Crippen LogP contribution in [0.3, 0.4) is 0 Å². The smallest absolute Gasteiger partial charge is 0.311 e. The molecular weight excluding hydrogens is 168 g/mol. The number of hydrogen-bond acceptors (Lipinski definition) is 3. The SMILES string of the molecule is C[C@@H]1CC[C@@H]2[C@@H]1COC(=O)[C@H]2CO. The van der Waals surface area contributed by atoms with E-state index in [-0.39, 0.29) is 18.5 Å². The molecule has 2 fully saturated rings. The summed E-state index contributed by atoms with van der Waals surface area (Å²) in [5.74, 6) is 1.07. The summed E-state index contributed by atoms with van der Waals surface area (Å²) >= 11 is 0. The molecule has 0 aromatic carbocycles. The molecule has 74 valence electrons. The molecule has 1 saturated heterocycles. The molecule has 0 unspecified atom stereocenters. The van der Waals surface area contributed by atoms with Crippen LogP contribution in [0, 0.1) is 23.7 Å². The molecule has 13 heavy (non-hydrogen) atoms. The predicted octanol–water partition coefficient (Wildman–Crippen LogP) is 0.814. The van der Waals surface area contributed by atoms with Gasteiger partial charge in [0.1, 0.15) is 0 Å². The van der Waals surface area contributed by atoms with Gasteiger partial charge in [0.15, 0.2) is 0 Å². The molecule has 4 atom stereocenters. The van der Waals surface area contributed by atoms with Gasteiger partial charge in [-0.05, 0) is 24.2 Å². The predicted molar refractivity (Wildman–Crippen MR) is 46.9 cm³/mol. The van der Waals surface area contributed by atoms with Crippen LogP contribution < -0.4 is 0 Å². The molecule has 1 saturated carbocycles. The third kappa shape index (κ3) is 1.35. The van der Waals surface area contributed by atoms with Crippen LogP contribution in [0.2, 0.25) is 0 Å². The van der Waals surface area contributed by atoms with E-state index in [1.54, 1.807) is 0 Å². The van der Waals surface area contributed by atoms with E-state index in [2.05, 4.69) is 6.92 Å². The highest BCUT2D eigenvalue weighted by Gasteiger charge is 2.45. The maximum atomic E-state index is 11.3. The van der Waals surface area contributed by atoms with Crippen LogP contribution in [0.1, 0.15) is 19.8 Å². The zero-order valence-corrected chi connectivity index (χ0v) is 7.90. The Bertz CT molecular complexity index is 214. The van der Waals surface area contributed by atoms with Crippen molar-refractivity contribution in [2.45, 2.75) is 19.8 Å². The first kappa shape index (κ1) is 9.00. The summed E-state index contributed by atoms with van der Waals surface area (Å²) in [5.41, 5.74) is 0. The number of hydrogen-bond donors (Lipinski definition) is 1. The zero-order chi connectivity index (χ0) is 9.42. The van der Waals surface area contributed by atoms with E-state index in [1.165, 1.54) is 6.42 Å². The van der Waals surface area contributed by atoms with Crippen molar-refractivity contribution in [2.24, 2.45) is 23.7 Å². The molecule has 0 bridgehead atoms. The van der Waals surface area contributed by atoms with Gasteiger partial charge in [-0.3, -0.25) is 4.79 Å². The second-order valence-electron chi connectivity index (χ2n) is 4.30. The van der Waals surface area contributed by atoms with Gasteiger partial charge in [-0.25, -0.2) is 0 Å². The quantitative estimate of drug-likeness (QED) is 0.613. The van der Waals surface area contributed by atoms with Gasteiger partial charge in [-0.2, -0.15) is 0 Å². The summed E-state index contributed by atoms with van der Waals surface area (Å²) < 4.78 is 5.07. The Balaban J connectivity index is 2.14. The second-order valence-corrected chi connectivity index (χ2v) is 4.30. The molecule has 0 spiro atoms. The van der Waals surface area contributed by atoms with Crippen LogP contribution in [0.25, 0.3) is 0 Å². The highest BCUT2D eigenvalue weighted by Crippen LogP contribution is 2.43. The van der Waals surface area contributed by atoms with Crippen molar-refractivity contribution >= 4 is 5.97 Å². The molecule has 0 aromatic rings. The van der Waals surface area contributed by atoms with E-state index >= 15 is 0 Å². The molecule has 0 radical (unpaired) electrons. The molecule has 2 aliphatic rings. The summed E-state index contributed by atoms with van der Waals surface area (Å²) in [6.45, 7) is 2.73. The van der Waals surface area contributed by atoms with Crippen LogP contribution >= 0.6 is 0 Å². The summed E-state index contributed by atoms with van der Waals surface area (Å²) in [5, 5.41) is 9.09. The summed E-state index contributed by atoms with van der Waals surface area (Å²) in [4.78, 5) is 11.3. The lowest BCUT2D eigenvalue weighted by Gasteiger charge is -2.32. The maximum Gasteiger partial charge on any atom is 0.311 e. The molecule has 0 aromatic heterocycles. The average Bonchev–Trinajstić information content (AvgIpc) is 2.48. The molecule has 0 amide bonds. The molecular formula is C10H16O3. The van der Waals surface area contributed by atoms with Gasteiger partial charge >= 0.3 is 5.97 Å². The highest BCUT2D eigenvalue weighted by atomic mass is 16.5. The van der Waals surface area contributed by atoms with Crippen LogP contribution in [0.15, 0.2) is 0 Å². The molecule has 3 nitrogen and oxygen atoms in total. The Morgan fingerprint density at radius 1 is 1.46 bits per heavy atom. The van der Waals surface area contributed by atoms with Crippen LogP contribution in [0.5, 0.6) is 0 Å². The summed E-state index contributed by atoms with van der Waals surface area (Å²) in [6, 6.07) is 0. The third-order valence-electron chi connectivity index (χ3n) is 3.67. The summed E-state index contributed by atoms with van der Waals surface area (Å²) in [6.07, 6.45) is 2.24. The second kappa shape index (κ2) is 3.29. The minimum atomic E-state index is -0.247. The van der Waals surface area contributed by atoms with E-state index in [0.29, 0.717) is 24.4 Å². The highest BCUT2D eigenvalue weighted by molar-refractivity contribution is 5.73. The van der Waals surface area contributed by atoms with E-state index in [1.807, 2.05) is 0 Å². The average molecular weight is 184 g/mol. The Kier molecular flexibility index (Phi) is 2.28. The van der Waals surface area contributed by atoms with Gasteiger partial charge < -0.3 is 9.84 Å². The summed E-state index contributed by atoms with van der Waals surface area (Å²) in [7, 11) is 0. The van der Waals surface area contributed by atoms with Gasteiger partial charge in [0.2, 0.25) is 0 Å². The maximum absolute atomic E-state index is 11.3. The first-order chi connectivity index (χ1) is 6.24. The molecule has 2 rings (SSSR count). The Morgan fingerprint density at radius 2 is 2.23 bits per heavy atom. The monoisotopic (exact) mass is 184 g/mol. The lowest BCUT2D eigenvalue weighted by Crippen LogP contribution is -2.40. The zero-order valence-electron chi connectivity index (χ0n) is 7.90. The molecule has 3 heteroatoms. The van der Waals surface area contributed by atoms with Gasteiger partial charge in [0, 0.05) is 0 Å². The lowest BCUT2D eigenvalue weighted by atomic mass is 9.80. The van der Waals surface area contributed by atoms with Gasteiger partial charge in [0.25, 0.3) is 0 Å². The van der Waals surface area contributed by atoms with Crippen molar-refractivity contribution in [3.63, 3.8) is 0 Å². The van der Waals surface area contributed by atoms with Crippen molar-refractivity contribution < 1.29 is 14.6 Å². The number of carbonyl (C=O) groups excluding carboxylic acids is 1. The largest absolute Gasteiger partial charge is 0.465 e. The van der Waals surface area contributed by atoms with Crippen molar-refractivity contribution in [1.29, 1.82) is 0 Å². The van der Waals surface area contributed by atoms with Gasteiger partial charge in [-0.15, -0.1) is 0 Å². The number of ether oxygens (including phenoxy) is 1. The standard InChI is InChI=1S/C10H16O3/c1-6-2-3-7-8(4-11)10(12)13-5-9(6)7/h6-9,11H,2-5H2,1H3/t6-,7+,8+,9-/m1/s1. The van der Waals surface area contributed by atoms with Crippen molar-refractivity contribution in [1.82, 2.24) is 0 Å². The van der Waals surface area contributed by atoms with Crippen LogP contribution in [-0.4, -0.2) is 24.3 Å². The molecule has 1 aliphatic heterocycles. The molecule has 1 heterocycles. The van der Waals surface area contributed by atoms with E-state index in [9.17, 15) is 4.79 Å². The first-order valence-corrected chi connectivity index (χ1v) is 5.01. The van der Waals surface area contributed by atoms with E-state index in [0.717, 1.165) is 6.42 Å². The third-order valence-corrected chi connectivity index (χ3v) is 3.67. The fourth-order valence-electron chi connectivity index (χ4n) is 2.76. The van der Waals surface area contributed by atoms with Crippen molar-refractivity contribution in [2.75, 3.05) is 13.2 Å². The van der Waals surface area contributed by atoms with E-state index < -0.39 is 0 Å². The minimum Gasteiger partial charge on any atom is -0.465 e. The van der Waals surface area contributed by atoms with Crippen LogP contribution in [0.4, 0.5) is 0 Å². The Hall–Kier alpha value is -0.570. The number of carbonyl (C=O) groups is 1. The van der Waals surface area contributed by atoms with Crippen LogP contribution in [-0.2, 0) is 9.53 Å². The van der Waals surface area contributed by atoms with Gasteiger partial charge in [-0.1, -0.05) is 13.3 Å². The number of aliphatic hydroxyl groups excluding tert-OH is 1. The Morgan fingerprint density at radius 3 is 2.92 bits per heavy atom. The number of rotatable bonds is 1. The topological polar surface area (TPSA) is 46.5 Å². The molecule has 1 N–H and O–H groups in total. The fourth-order valence-corrected chi connectivity index (χ4v) is 2.76. The molecule has 1 aliphatic carbocycles. The number of esters is 1. The van der Waals surface area contributed by atoms with Crippen molar-refractivity contribution in [3.05, 3.63) is 0 Å². The lowest BCUT2D eigenvalue weighted by molar-refractivity contribution is -0.163. The normalized spacial score (nSPS) is 44.3. The Labute approximate surface area is 78.1 Å². The van der Waals surface area contributed by atoms with E-state index in [4.69, 9.17) is 9.84 Å². The first-order valence-electron chi connectivity index (χ1n) is 5.01. The number of aliphatic hydroxyl groups is 1. The minimum absolute atomic E-state index is 0.0489. The number of cyclic esters (lactones) is 1. The van der Waals surface area contributed by atoms with Crippen molar-refractivity contribution in [3.8, 4) is 0 Å². The van der Waals surface area contributed by atoms with Gasteiger partial charge in [0.05, 0.1) is 19.1 Å². The fraction of sp³-hybridized carbons (Fsp3) is 0.900. The number of fused-ring (bicyclic) bond motifs is 1.